The van der Waals surface area contributed by atoms with Crippen LogP contribution >= 0.6 is 19.4 Å². The summed E-state index contributed by atoms with van der Waals surface area (Å²) in [5.41, 5.74) is 5.54. The first-order valence-corrected chi connectivity index (χ1v) is 10.5. The van der Waals surface area contributed by atoms with Crippen LogP contribution in [0, 0.1) is 5.41 Å². The van der Waals surface area contributed by atoms with Crippen molar-refractivity contribution in [3.05, 3.63) is 11.6 Å². The number of nitrogens with two attached hydrogens (primary N) is 1. The van der Waals surface area contributed by atoms with E-state index in [1.807, 2.05) is 0 Å². The maximum atomic E-state index is 12.1. The van der Waals surface area contributed by atoms with Crippen LogP contribution in [-0.4, -0.2) is 75.5 Å². The summed E-state index contributed by atoms with van der Waals surface area (Å²) in [5, 5.41) is 20.6. The van der Waals surface area contributed by atoms with Crippen molar-refractivity contribution in [3.8, 4) is 0 Å². The van der Waals surface area contributed by atoms with Gasteiger partial charge < -0.3 is 25.3 Å². The Bertz CT molecular complexity index is 922. The molecule has 162 valence electrons. The van der Waals surface area contributed by atoms with Gasteiger partial charge in [-0.3, -0.25) is 13.6 Å². The number of phosphoric ester groups is 1. The van der Waals surface area contributed by atoms with Crippen molar-refractivity contribution in [3.63, 3.8) is 0 Å². The molecule has 1 fully saturated rings. The molecular weight excluding hydrogens is 429 g/mol. The molecule has 0 amide bonds. The molecule has 4 atom stereocenters. The quantitative estimate of drug-likeness (QED) is 0.380. The van der Waals surface area contributed by atoms with Crippen molar-refractivity contribution < 1.29 is 33.1 Å². The van der Waals surface area contributed by atoms with E-state index in [9.17, 15) is 14.8 Å². The van der Waals surface area contributed by atoms with Crippen molar-refractivity contribution in [2.75, 3.05) is 33.2 Å². The average molecular weight is 452 g/mol. The number of phosphoric acid groups is 1. The van der Waals surface area contributed by atoms with Gasteiger partial charge in [-0.05, 0) is 11.6 Å². The SMILES string of the molecule is COP(=O)(OC)OC[C@H]1O[C@@H](Cn2cnc3c(N)nc(Cl)nc32)C(C)(CO)C1O. The molecule has 2 aromatic rings. The lowest BCUT2D eigenvalue weighted by Gasteiger charge is -2.30. The van der Waals surface area contributed by atoms with Crippen LogP contribution in [0.25, 0.3) is 11.2 Å². The fourth-order valence-electron chi connectivity index (χ4n) is 3.23. The Balaban J connectivity index is 1.83. The van der Waals surface area contributed by atoms with Crippen LogP contribution in [0.5, 0.6) is 0 Å². The van der Waals surface area contributed by atoms with E-state index < -0.39 is 31.5 Å². The Morgan fingerprint density at radius 1 is 1.41 bits per heavy atom. The van der Waals surface area contributed by atoms with Crippen molar-refractivity contribution in [1.82, 2.24) is 19.5 Å². The van der Waals surface area contributed by atoms with Crippen LogP contribution in [0.15, 0.2) is 6.33 Å². The number of rotatable bonds is 8. The van der Waals surface area contributed by atoms with Gasteiger partial charge in [-0.25, -0.2) is 9.55 Å². The second-order valence-electron chi connectivity index (χ2n) is 6.83. The van der Waals surface area contributed by atoms with Gasteiger partial charge in [-0.15, -0.1) is 0 Å². The molecular formula is C15H23ClN5O7P. The van der Waals surface area contributed by atoms with E-state index >= 15 is 0 Å². The third-order valence-electron chi connectivity index (χ3n) is 5.11. The van der Waals surface area contributed by atoms with Crippen LogP contribution in [-0.2, 0) is 29.4 Å². The molecule has 0 saturated carbocycles. The Kier molecular flexibility index (Phi) is 6.47. The summed E-state index contributed by atoms with van der Waals surface area (Å²) in [4.78, 5) is 12.2. The molecule has 2 aromatic heterocycles. The van der Waals surface area contributed by atoms with E-state index in [1.54, 1.807) is 11.5 Å². The summed E-state index contributed by atoms with van der Waals surface area (Å²) >= 11 is 5.89. The van der Waals surface area contributed by atoms with Gasteiger partial charge >= 0.3 is 7.82 Å². The molecule has 0 aromatic carbocycles. The largest absolute Gasteiger partial charge is 0.474 e. The second-order valence-corrected chi connectivity index (χ2v) is 9.05. The minimum atomic E-state index is -3.74. The molecule has 4 N–H and O–H groups in total. The summed E-state index contributed by atoms with van der Waals surface area (Å²) in [5.74, 6) is 0.136. The smallest absolute Gasteiger partial charge is 0.396 e. The number of hydrogen-bond acceptors (Lipinski definition) is 11. The molecule has 1 aliphatic rings. The third kappa shape index (κ3) is 4.12. The van der Waals surface area contributed by atoms with Crippen molar-refractivity contribution >= 4 is 36.4 Å². The standard InChI is InChI=1S/C15H23ClN5O7P/c1-15(6-22)9(28-8(11(15)23)5-27-29(24,25-2)26-3)4-21-7-18-10-12(17)19-14(16)20-13(10)21/h7-9,11,22-23H,4-6H2,1-3H3,(H2,17,19,20)/t8-,9+,11?,15?/m1/s1. The highest BCUT2D eigenvalue weighted by atomic mass is 35.5. The number of imidazole rings is 1. The molecule has 3 rings (SSSR count). The highest BCUT2D eigenvalue weighted by Gasteiger charge is 2.53. The molecule has 1 saturated heterocycles. The molecule has 1 aliphatic heterocycles. The average Bonchev–Trinajstić information content (AvgIpc) is 3.21. The molecule has 12 nitrogen and oxygen atoms in total. The zero-order valence-electron chi connectivity index (χ0n) is 16.1. The monoisotopic (exact) mass is 451 g/mol. The lowest BCUT2D eigenvalue weighted by molar-refractivity contribution is -0.0289. The van der Waals surface area contributed by atoms with E-state index in [0.717, 1.165) is 0 Å². The predicted octanol–water partition coefficient (Wildman–Crippen LogP) is 0.606. The Morgan fingerprint density at radius 2 is 2.10 bits per heavy atom. The molecule has 14 heteroatoms. The number of nitrogens with zero attached hydrogens (tertiary/aromatic N) is 4. The highest BCUT2D eigenvalue weighted by molar-refractivity contribution is 7.48. The number of fused-ring (bicyclic) bond motifs is 1. The molecule has 0 spiro atoms. The van der Waals surface area contributed by atoms with Crippen LogP contribution in [0.1, 0.15) is 6.92 Å². The molecule has 0 radical (unpaired) electrons. The first-order chi connectivity index (χ1) is 13.7. The summed E-state index contributed by atoms with van der Waals surface area (Å²) in [6, 6.07) is 0. The van der Waals surface area contributed by atoms with Gasteiger partial charge in [0.25, 0.3) is 0 Å². The summed E-state index contributed by atoms with van der Waals surface area (Å²) < 4.78 is 34.3. The van der Waals surface area contributed by atoms with Gasteiger partial charge in [-0.1, -0.05) is 6.92 Å². The Morgan fingerprint density at radius 3 is 2.72 bits per heavy atom. The number of hydrogen-bond donors (Lipinski definition) is 3. The summed E-state index contributed by atoms with van der Waals surface area (Å²) in [7, 11) is -1.38. The second kappa shape index (κ2) is 8.40. The molecule has 3 heterocycles. The van der Waals surface area contributed by atoms with E-state index in [-0.39, 0.29) is 30.9 Å². The van der Waals surface area contributed by atoms with Gasteiger partial charge in [0.15, 0.2) is 11.5 Å². The van der Waals surface area contributed by atoms with Gasteiger partial charge in [0.05, 0.1) is 38.3 Å². The highest BCUT2D eigenvalue weighted by Crippen LogP contribution is 2.49. The topological polar surface area (TPSA) is 164 Å². The lowest BCUT2D eigenvalue weighted by atomic mass is 9.80. The van der Waals surface area contributed by atoms with Gasteiger partial charge in [-0.2, -0.15) is 9.97 Å². The maximum Gasteiger partial charge on any atom is 0.474 e. The van der Waals surface area contributed by atoms with Crippen LogP contribution in [0.3, 0.4) is 0 Å². The van der Waals surface area contributed by atoms with E-state index in [1.165, 1.54) is 20.5 Å². The van der Waals surface area contributed by atoms with Crippen LogP contribution < -0.4 is 5.73 Å². The third-order valence-corrected chi connectivity index (χ3v) is 6.64. The van der Waals surface area contributed by atoms with E-state index in [2.05, 4.69) is 15.0 Å². The van der Waals surface area contributed by atoms with Gasteiger partial charge in [0.1, 0.15) is 11.6 Å². The molecule has 29 heavy (non-hydrogen) atoms. The number of aliphatic hydroxyl groups is 2. The molecule has 2 unspecified atom stereocenters. The molecule has 0 aliphatic carbocycles. The van der Waals surface area contributed by atoms with Gasteiger partial charge in [0.2, 0.25) is 5.28 Å². The fraction of sp³-hybridized carbons (Fsp3) is 0.667. The van der Waals surface area contributed by atoms with Crippen LogP contribution in [0.2, 0.25) is 5.28 Å². The first-order valence-electron chi connectivity index (χ1n) is 8.61. The normalized spacial score (nSPS) is 27.7. The minimum absolute atomic E-state index is 0.0322. The van der Waals surface area contributed by atoms with Gasteiger partial charge in [0, 0.05) is 19.6 Å². The number of aromatic nitrogens is 4. The van der Waals surface area contributed by atoms with E-state index in [0.29, 0.717) is 11.2 Å². The maximum absolute atomic E-state index is 12.1. The van der Waals surface area contributed by atoms with Crippen LogP contribution in [0.4, 0.5) is 5.82 Å². The van der Waals surface area contributed by atoms with Crippen molar-refractivity contribution in [1.29, 1.82) is 0 Å². The van der Waals surface area contributed by atoms with Crippen molar-refractivity contribution in [2.45, 2.75) is 31.8 Å². The first kappa shape index (κ1) is 22.3. The fourth-order valence-corrected chi connectivity index (χ4v) is 4.09. The zero-order valence-corrected chi connectivity index (χ0v) is 17.7. The Hall–Kier alpha value is -1.37. The Labute approximate surface area is 171 Å². The number of halogens is 1. The number of nitrogen functional groups attached to an aromatic ring is 1. The number of ether oxygens (including phenoxy) is 1. The number of aliphatic hydroxyl groups excluding tert-OH is 2. The zero-order chi connectivity index (χ0) is 21.4. The van der Waals surface area contributed by atoms with E-state index in [4.69, 9.17) is 35.6 Å². The number of anilines is 1. The lowest BCUT2D eigenvalue weighted by Crippen LogP contribution is -2.43. The predicted molar refractivity (Wildman–Crippen MR) is 102 cm³/mol. The summed E-state index contributed by atoms with van der Waals surface area (Å²) in [6.07, 6.45) is -1.16. The summed E-state index contributed by atoms with van der Waals surface area (Å²) in [6.45, 7) is 1.22. The minimum Gasteiger partial charge on any atom is -0.396 e. The van der Waals surface area contributed by atoms with Crippen molar-refractivity contribution in [2.24, 2.45) is 5.41 Å². The molecule has 0 bridgehead atoms.